The molecule has 1 atom stereocenters. The van der Waals surface area contributed by atoms with Crippen LogP contribution >= 0.6 is 0 Å². The lowest BCUT2D eigenvalue weighted by molar-refractivity contribution is -0.128. The van der Waals surface area contributed by atoms with Gasteiger partial charge in [0.15, 0.2) is 0 Å². The van der Waals surface area contributed by atoms with Gasteiger partial charge in [0, 0.05) is 13.1 Å². The van der Waals surface area contributed by atoms with Crippen LogP contribution in [0.2, 0.25) is 0 Å². The summed E-state index contributed by atoms with van der Waals surface area (Å²) in [4.78, 5) is 15.1. The van der Waals surface area contributed by atoms with Gasteiger partial charge in [0.1, 0.15) is 17.4 Å². The normalized spacial score (nSPS) is 21.0. The number of hydrogen-bond donors (Lipinski definition) is 1. The van der Waals surface area contributed by atoms with Gasteiger partial charge in [-0.05, 0) is 38.7 Å². The van der Waals surface area contributed by atoms with Gasteiger partial charge in [-0.1, -0.05) is 29.8 Å². The van der Waals surface area contributed by atoms with Gasteiger partial charge in [0.2, 0.25) is 5.88 Å². The second kappa shape index (κ2) is 7.02. The Morgan fingerprint density at radius 1 is 1.28 bits per heavy atom. The maximum atomic E-state index is 13.2. The van der Waals surface area contributed by atoms with E-state index < -0.39 is 5.92 Å². The average molecular weight is 337 g/mol. The number of nitriles is 1. The van der Waals surface area contributed by atoms with E-state index in [2.05, 4.69) is 6.07 Å². The molecule has 25 heavy (non-hydrogen) atoms. The molecular formula is C20H23N3O2. The van der Waals surface area contributed by atoms with Crippen molar-refractivity contribution in [2.24, 2.45) is 5.73 Å². The van der Waals surface area contributed by atoms with Gasteiger partial charge < -0.3 is 15.4 Å². The number of nitrogens with zero attached hydrogens (tertiary/aromatic N) is 2. The van der Waals surface area contributed by atoms with Gasteiger partial charge in [0.25, 0.3) is 5.91 Å². The number of hydrogen-bond acceptors (Lipinski definition) is 4. The fraction of sp³-hybridized carbons (Fsp3) is 0.400. The van der Waals surface area contributed by atoms with Crippen molar-refractivity contribution in [3.8, 4) is 6.07 Å². The smallest absolute Gasteiger partial charge is 0.254 e. The minimum atomic E-state index is -0.479. The zero-order valence-electron chi connectivity index (χ0n) is 14.7. The number of nitrogens with two attached hydrogens (primary N) is 1. The summed E-state index contributed by atoms with van der Waals surface area (Å²) in [6, 6.07) is 10.0. The predicted octanol–water partition coefficient (Wildman–Crippen LogP) is 3.09. The summed E-state index contributed by atoms with van der Waals surface area (Å²) in [6.07, 6.45) is 3.17. The number of rotatable bonds is 2. The highest BCUT2D eigenvalue weighted by Gasteiger charge is 2.37. The third-order valence-corrected chi connectivity index (χ3v) is 4.85. The van der Waals surface area contributed by atoms with Crippen LogP contribution in [0.15, 0.2) is 47.1 Å². The molecule has 0 bridgehead atoms. The minimum absolute atomic E-state index is 0.0519. The van der Waals surface area contributed by atoms with Crippen LogP contribution in [0.4, 0.5) is 0 Å². The highest BCUT2D eigenvalue weighted by Crippen LogP contribution is 2.40. The zero-order valence-corrected chi connectivity index (χ0v) is 14.7. The Labute approximate surface area is 148 Å². The fourth-order valence-electron chi connectivity index (χ4n) is 3.61. The predicted molar refractivity (Wildman–Crippen MR) is 95.0 cm³/mol. The molecule has 0 radical (unpaired) electrons. The second-order valence-electron chi connectivity index (χ2n) is 6.66. The van der Waals surface area contributed by atoms with Crippen LogP contribution < -0.4 is 5.73 Å². The maximum absolute atomic E-state index is 13.2. The lowest BCUT2D eigenvalue weighted by atomic mass is 9.82. The molecule has 2 aliphatic heterocycles. The minimum Gasteiger partial charge on any atom is -0.445 e. The van der Waals surface area contributed by atoms with E-state index >= 15 is 0 Å². The largest absolute Gasteiger partial charge is 0.445 e. The molecule has 1 fully saturated rings. The summed E-state index contributed by atoms with van der Waals surface area (Å²) < 4.78 is 5.56. The van der Waals surface area contributed by atoms with Crippen molar-refractivity contribution in [3.05, 3.63) is 58.2 Å². The summed E-state index contributed by atoms with van der Waals surface area (Å²) >= 11 is 0. The van der Waals surface area contributed by atoms with Crippen LogP contribution in [0.25, 0.3) is 0 Å². The average Bonchev–Trinajstić information content (AvgIpc) is 2.61. The molecule has 2 N–H and O–H groups in total. The van der Waals surface area contributed by atoms with Gasteiger partial charge in [0.05, 0.1) is 11.5 Å². The maximum Gasteiger partial charge on any atom is 0.254 e. The Balaban J connectivity index is 2.08. The highest BCUT2D eigenvalue weighted by atomic mass is 16.5. The topological polar surface area (TPSA) is 79.4 Å². The Morgan fingerprint density at radius 3 is 2.64 bits per heavy atom. The van der Waals surface area contributed by atoms with E-state index in [-0.39, 0.29) is 11.8 Å². The fourth-order valence-corrected chi connectivity index (χ4v) is 3.61. The molecule has 0 aromatic heterocycles. The number of piperidine rings is 1. The van der Waals surface area contributed by atoms with Gasteiger partial charge in [-0.25, -0.2) is 0 Å². The first-order chi connectivity index (χ1) is 12.0. The number of allylic oxidation sites excluding steroid dienone is 2. The van der Waals surface area contributed by atoms with E-state index in [1.54, 1.807) is 6.92 Å². The van der Waals surface area contributed by atoms with Gasteiger partial charge >= 0.3 is 0 Å². The number of amides is 1. The van der Waals surface area contributed by atoms with Crippen LogP contribution in [-0.2, 0) is 9.53 Å². The molecule has 1 aromatic carbocycles. The molecule has 0 aliphatic carbocycles. The molecule has 1 aromatic rings. The van der Waals surface area contributed by atoms with Crippen molar-refractivity contribution >= 4 is 5.91 Å². The molecular weight excluding hydrogens is 314 g/mol. The summed E-state index contributed by atoms with van der Waals surface area (Å²) in [6.45, 7) is 5.24. The molecule has 2 heterocycles. The number of ether oxygens (including phenoxy) is 1. The SMILES string of the molecule is CC1=C(C(=O)N2CCCCC2)C(c2cccc(C)c2)C(C#N)=C(N)O1. The van der Waals surface area contributed by atoms with Crippen molar-refractivity contribution in [3.63, 3.8) is 0 Å². The standard InChI is InChI=1S/C20H23N3O2/c1-13-7-6-8-15(11-13)18-16(12-21)19(22)25-14(2)17(18)20(24)23-9-4-3-5-10-23/h6-8,11,18H,3-5,9-10,22H2,1-2H3. The monoisotopic (exact) mass is 337 g/mol. The van der Waals surface area contributed by atoms with E-state index in [1.807, 2.05) is 36.1 Å². The molecule has 0 saturated carbocycles. The number of carbonyl (C=O) groups excluding carboxylic acids is 1. The van der Waals surface area contributed by atoms with Crippen LogP contribution in [0.5, 0.6) is 0 Å². The van der Waals surface area contributed by atoms with Gasteiger partial charge in [-0.15, -0.1) is 0 Å². The van der Waals surface area contributed by atoms with E-state index in [4.69, 9.17) is 10.5 Å². The molecule has 2 aliphatic rings. The van der Waals surface area contributed by atoms with E-state index in [0.717, 1.165) is 43.5 Å². The number of aryl methyl sites for hydroxylation is 1. The van der Waals surface area contributed by atoms with E-state index in [1.165, 1.54) is 0 Å². The quantitative estimate of drug-likeness (QED) is 0.899. The Kier molecular flexibility index (Phi) is 4.80. The first-order valence-corrected chi connectivity index (χ1v) is 8.67. The van der Waals surface area contributed by atoms with Crippen molar-refractivity contribution < 1.29 is 9.53 Å². The van der Waals surface area contributed by atoms with Crippen molar-refractivity contribution in [2.45, 2.75) is 39.0 Å². The van der Waals surface area contributed by atoms with Crippen molar-refractivity contribution in [1.82, 2.24) is 4.90 Å². The van der Waals surface area contributed by atoms with E-state index in [9.17, 15) is 10.1 Å². The van der Waals surface area contributed by atoms with Gasteiger partial charge in [-0.3, -0.25) is 4.79 Å². The lowest BCUT2D eigenvalue weighted by Crippen LogP contribution is -2.39. The molecule has 0 spiro atoms. The first kappa shape index (κ1) is 17.1. The van der Waals surface area contributed by atoms with Crippen LogP contribution in [-0.4, -0.2) is 23.9 Å². The molecule has 1 saturated heterocycles. The third kappa shape index (κ3) is 3.25. The Morgan fingerprint density at radius 2 is 2.00 bits per heavy atom. The van der Waals surface area contributed by atoms with E-state index in [0.29, 0.717) is 16.9 Å². The zero-order chi connectivity index (χ0) is 18.0. The second-order valence-corrected chi connectivity index (χ2v) is 6.66. The third-order valence-electron chi connectivity index (χ3n) is 4.85. The van der Waals surface area contributed by atoms with Crippen molar-refractivity contribution in [2.75, 3.05) is 13.1 Å². The summed E-state index contributed by atoms with van der Waals surface area (Å²) in [5.41, 5.74) is 8.75. The van der Waals surface area contributed by atoms with Crippen LogP contribution in [0, 0.1) is 18.3 Å². The Bertz CT molecular complexity index is 795. The summed E-state index contributed by atoms with van der Waals surface area (Å²) in [7, 11) is 0. The molecule has 5 heteroatoms. The van der Waals surface area contributed by atoms with Crippen molar-refractivity contribution in [1.29, 1.82) is 5.26 Å². The van der Waals surface area contributed by atoms with Crippen LogP contribution in [0.3, 0.4) is 0 Å². The highest BCUT2D eigenvalue weighted by molar-refractivity contribution is 5.97. The molecule has 5 nitrogen and oxygen atoms in total. The first-order valence-electron chi connectivity index (χ1n) is 8.67. The molecule has 130 valence electrons. The lowest BCUT2D eigenvalue weighted by Gasteiger charge is -2.33. The molecule has 3 rings (SSSR count). The van der Waals surface area contributed by atoms with Gasteiger partial charge in [-0.2, -0.15) is 5.26 Å². The summed E-state index contributed by atoms with van der Waals surface area (Å²) in [5.74, 6) is 0.0392. The molecule has 1 unspecified atom stereocenters. The summed E-state index contributed by atoms with van der Waals surface area (Å²) in [5, 5.41) is 9.64. The van der Waals surface area contributed by atoms with Crippen LogP contribution in [0.1, 0.15) is 43.2 Å². The number of likely N-dealkylation sites (tertiary alicyclic amines) is 1. The number of benzene rings is 1. The number of carbonyl (C=O) groups is 1. The molecule has 1 amide bonds. The Hall–Kier alpha value is -2.74.